The molecule has 172 valence electrons. The van der Waals surface area contributed by atoms with Crippen molar-refractivity contribution in [2.75, 3.05) is 26.7 Å². The number of hydrazine groups is 1. The van der Waals surface area contributed by atoms with Crippen LogP contribution in [0.5, 0.6) is 0 Å². The Labute approximate surface area is 185 Å². The fourth-order valence-electron chi connectivity index (χ4n) is 4.55. The summed E-state index contributed by atoms with van der Waals surface area (Å²) < 4.78 is 13.4. The van der Waals surface area contributed by atoms with Gasteiger partial charge in [-0.05, 0) is 49.8 Å². The molecule has 0 aliphatic carbocycles. The first-order valence-electron chi connectivity index (χ1n) is 11.5. The summed E-state index contributed by atoms with van der Waals surface area (Å²) in [6.45, 7) is 7.88. The van der Waals surface area contributed by atoms with Gasteiger partial charge in [-0.3, -0.25) is 20.4 Å². The molecule has 0 spiro atoms. The van der Waals surface area contributed by atoms with Gasteiger partial charge in [-0.2, -0.15) is 0 Å². The van der Waals surface area contributed by atoms with Crippen molar-refractivity contribution in [2.24, 2.45) is 11.3 Å². The topological polar surface area (TPSA) is 64.7 Å². The molecule has 2 fully saturated rings. The maximum Gasteiger partial charge on any atom is 0.227 e. The van der Waals surface area contributed by atoms with Crippen molar-refractivity contribution < 1.29 is 14.0 Å². The molecule has 0 aromatic heterocycles. The summed E-state index contributed by atoms with van der Waals surface area (Å²) in [5.74, 6) is 0.160. The van der Waals surface area contributed by atoms with Gasteiger partial charge in [0.25, 0.3) is 0 Å². The van der Waals surface area contributed by atoms with Gasteiger partial charge in [0.15, 0.2) is 0 Å². The van der Waals surface area contributed by atoms with E-state index in [9.17, 15) is 14.0 Å². The number of rotatable bonds is 6. The zero-order valence-electron chi connectivity index (χ0n) is 19.3. The van der Waals surface area contributed by atoms with E-state index >= 15 is 0 Å². The molecule has 2 atom stereocenters. The van der Waals surface area contributed by atoms with Crippen molar-refractivity contribution in [2.45, 2.75) is 65.0 Å². The Bertz CT molecular complexity index is 771. The number of likely N-dealkylation sites (tertiary alicyclic amines) is 1. The van der Waals surface area contributed by atoms with E-state index in [-0.39, 0.29) is 35.0 Å². The number of piperidine rings is 1. The molecule has 0 saturated carbocycles. The number of halogens is 1. The van der Waals surface area contributed by atoms with Crippen molar-refractivity contribution in [1.82, 2.24) is 20.7 Å². The third-order valence-electron chi connectivity index (χ3n) is 6.43. The van der Waals surface area contributed by atoms with Crippen molar-refractivity contribution in [3.63, 3.8) is 0 Å². The van der Waals surface area contributed by atoms with Crippen LogP contribution in [0.25, 0.3) is 0 Å². The van der Waals surface area contributed by atoms with E-state index in [1.807, 2.05) is 43.7 Å². The van der Waals surface area contributed by atoms with E-state index < -0.39 is 0 Å². The molecule has 2 N–H and O–H groups in total. The van der Waals surface area contributed by atoms with Crippen LogP contribution in [-0.2, 0) is 9.59 Å². The second-order valence-corrected chi connectivity index (χ2v) is 10.0. The number of amides is 2. The highest BCUT2D eigenvalue weighted by Crippen LogP contribution is 2.26. The van der Waals surface area contributed by atoms with E-state index in [0.717, 1.165) is 44.2 Å². The van der Waals surface area contributed by atoms with Gasteiger partial charge in [-0.25, -0.2) is 4.39 Å². The summed E-state index contributed by atoms with van der Waals surface area (Å²) in [5, 5.41) is 0. The van der Waals surface area contributed by atoms with Crippen LogP contribution < -0.4 is 10.9 Å². The largest absolute Gasteiger partial charge is 0.346 e. The minimum Gasteiger partial charge on any atom is -0.346 e. The molecule has 2 aliphatic rings. The lowest BCUT2D eigenvalue weighted by Crippen LogP contribution is -2.47. The van der Waals surface area contributed by atoms with E-state index in [1.165, 1.54) is 6.07 Å². The van der Waals surface area contributed by atoms with Gasteiger partial charge >= 0.3 is 0 Å². The lowest BCUT2D eigenvalue weighted by Gasteiger charge is -2.36. The summed E-state index contributed by atoms with van der Waals surface area (Å²) in [6, 6.07) is 7.14. The monoisotopic (exact) mass is 432 g/mol. The highest BCUT2D eigenvalue weighted by Gasteiger charge is 2.33. The van der Waals surface area contributed by atoms with Crippen LogP contribution in [0.1, 0.15) is 64.5 Å². The van der Waals surface area contributed by atoms with Crippen molar-refractivity contribution in [3.05, 3.63) is 35.6 Å². The molecule has 31 heavy (non-hydrogen) atoms. The third-order valence-corrected chi connectivity index (χ3v) is 6.43. The Hall–Kier alpha value is -1.99. The average Bonchev–Trinajstić information content (AvgIpc) is 3.21. The molecule has 2 amide bonds. The number of nitrogens with zero attached hydrogens (tertiary/aromatic N) is 2. The molecule has 1 aromatic rings. The van der Waals surface area contributed by atoms with E-state index in [4.69, 9.17) is 0 Å². The molecule has 2 unspecified atom stereocenters. The Kier molecular flexibility index (Phi) is 7.70. The maximum atomic E-state index is 13.4. The molecule has 0 bridgehead atoms. The normalized spacial score (nSPS) is 22.5. The summed E-state index contributed by atoms with van der Waals surface area (Å²) in [5.41, 5.74) is 7.15. The Morgan fingerprint density at radius 3 is 2.55 bits per heavy atom. The SMILES string of the molecule is CN(CCCC1CC(c2cccc(F)c2)NN1)C(=O)C1CCN(C(=O)C(C)(C)C)CC1. The second-order valence-electron chi connectivity index (χ2n) is 10.0. The summed E-state index contributed by atoms with van der Waals surface area (Å²) in [7, 11) is 1.88. The number of carbonyl (C=O) groups is 2. The predicted octanol–water partition coefficient (Wildman–Crippen LogP) is 3.26. The second kappa shape index (κ2) is 10.1. The molecule has 7 heteroatoms. The van der Waals surface area contributed by atoms with Gasteiger partial charge in [-0.1, -0.05) is 32.9 Å². The first-order chi connectivity index (χ1) is 14.6. The van der Waals surface area contributed by atoms with Gasteiger partial charge in [-0.15, -0.1) is 0 Å². The maximum absolute atomic E-state index is 13.4. The highest BCUT2D eigenvalue weighted by molar-refractivity contribution is 5.82. The number of hydrogen-bond donors (Lipinski definition) is 2. The van der Waals surface area contributed by atoms with E-state index in [2.05, 4.69) is 10.9 Å². The first-order valence-corrected chi connectivity index (χ1v) is 11.5. The minimum atomic E-state index is -0.371. The molecular formula is C24H37FN4O2. The van der Waals surface area contributed by atoms with Crippen LogP contribution in [0.4, 0.5) is 4.39 Å². The fourth-order valence-corrected chi connectivity index (χ4v) is 4.55. The smallest absolute Gasteiger partial charge is 0.227 e. The van der Waals surface area contributed by atoms with Gasteiger partial charge in [0.2, 0.25) is 11.8 Å². The van der Waals surface area contributed by atoms with Crippen LogP contribution in [0.15, 0.2) is 24.3 Å². The van der Waals surface area contributed by atoms with E-state index in [1.54, 1.807) is 12.1 Å². The van der Waals surface area contributed by atoms with Gasteiger partial charge in [0, 0.05) is 50.1 Å². The highest BCUT2D eigenvalue weighted by atomic mass is 19.1. The molecule has 2 aliphatic heterocycles. The molecule has 3 rings (SSSR count). The fraction of sp³-hybridized carbons (Fsp3) is 0.667. The van der Waals surface area contributed by atoms with Crippen molar-refractivity contribution in [3.8, 4) is 0 Å². The number of nitrogens with one attached hydrogen (secondary N) is 2. The van der Waals surface area contributed by atoms with Crippen LogP contribution >= 0.6 is 0 Å². The van der Waals surface area contributed by atoms with Crippen LogP contribution in [-0.4, -0.2) is 54.3 Å². The van der Waals surface area contributed by atoms with Gasteiger partial charge < -0.3 is 9.80 Å². The van der Waals surface area contributed by atoms with Gasteiger partial charge in [0.05, 0.1) is 0 Å². The summed E-state index contributed by atoms with van der Waals surface area (Å²) in [6.07, 6.45) is 4.26. The Morgan fingerprint density at radius 2 is 1.90 bits per heavy atom. The molecule has 2 saturated heterocycles. The van der Waals surface area contributed by atoms with Crippen molar-refractivity contribution in [1.29, 1.82) is 0 Å². The van der Waals surface area contributed by atoms with Crippen LogP contribution in [0.3, 0.4) is 0 Å². The third kappa shape index (κ3) is 6.26. The first kappa shape index (κ1) is 23.7. The Balaban J connectivity index is 1.37. The zero-order chi connectivity index (χ0) is 22.6. The zero-order valence-corrected chi connectivity index (χ0v) is 19.3. The molecule has 1 aromatic carbocycles. The molecule has 6 nitrogen and oxygen atoms in total. The summed E-state index contributed by atoms with van der Waals surface area (Å²) >= 11 is 0. The number of carbonyl (C=O) groups excluding carboxylic acids is 2. The molecule has 0 radical (unpaired) electrons. The average molecular weight is 433 g/mol. The minimum absolute atomic E-state index is 0.0117. The molecular weight excluding hydrogens is 395 g/mol. The molecule has 2 heterocycles. The number of hydrogen-bond acceptors (Lipinski definition) is 4. The Morgan fingerprint density at radius 1 is 1.19 bits per heavy atom. The predicted molar refractivity (Wildman–Crippen MR) is 119 cm³/mol. The number of benzene rings is 1. The van der Waals surface area contributed by atoms with E-state index in [0.29, 0.717) is 19.1 Å². The van der Waals surface area contributed by atoms with Crippen molar-refractivity contribution >= 4 is 11.8 Å². The summed E-state index contributed by atoms with van der Waals surface area (Å²) in [4.78, 5) is 29.0. The van der Waals surface area contributed by atoms with Gasteiger partial charge in [0.1, 0.15) is 5.82 Å². The standard InChI is InChI=1S/C24H37FN4O2/c1-24(2,3)23(31)29-13-10-17(11-14-29)22(30)28(4)12-6-9-20-16-21(27-26-20)18-7-5-8-19(25)15-18/h5,7-8,15,17,20-21,26-27H,6,9-14,16H2,1-4H3. The quantitative estimate of drug-likeness (QED) is 0.724. The lowest BCUT2D eigenvalue weighted by molar-refractivity contribution is -0.144. The lowest BCUT2D eigenvalue weighted by atomic mass is 9.90. The van der Waals surface area contributed by atoms with Crippen LogP contribution in [0.2, 0.25) is 0 Å². The van der Waals surface area contributed by atoms with Crippen LogP contribution in [0, 0.1) is 17.2 Å².